The fourth-order valence-electron chi connectivity index (χ4n) is 5.34. The molecular weight excluding hydrogens is 446 g/mol. The summed E-state index contributed by atoms with van der Waals surface area (Å²) in [4.78, 5) is 28.2. The molecule has 1 aliphatic carbocycles. The number of Topliss-reactive ketones (excluding diaryl/α,β-unsaturated/α-hetero) is 1. The monoisotopic (exact) mass is 473 g/mol. The molecule has 1 unspecified atom stereocenters. The molecule has 34 heavy (non-hydrogen) atoms. The zero-order valence-electron chi connectivity index (χ0n) is 19.0. The Balaban J connectivity index is 1.39. The predicted octanol–water partition coefficient (Wildman–Crippen LogP) is 6.40. The number of nitrogens with zero attached hydrogens (tertiary/aromatic N) is 1. The summed E-state index contributed by atoms with van der Waals surface area (Å²) in [7, 11) is 0. The zero-order valence-corrected chi connectivity index (χ0v) is 19.8. The van der Waals surface area contributed by atoms with Gasteiger partial charge in [0.25, 0.3) is 5.91 Å². The molecule has 1 atom stereocenters. The maximum atomic E-state index is 13.5. The Kier molecular flexibility index (Phi) is 6.28. The summed E-state index contributed by atoms with van der Waals surface area (Å²) >= 11 is 6.33. The van der Waals surface area contributed by atoms with Crippen LogP contribution >= 0.6 is 11.6 Å². The third-order valence-corrected chi connectivity index (χ3v) is 7.62. The van der Waals surface area contributed by atoms with Crippen molar-refractivity contribution in [3.05, 3.63) is 100 Å². The van der Waals surface area contributed by atoms with Gasteiger partial charge in [-0.25, -0.2) is 0 Å². The van der Waals surface area contributed by atoms with Crippen molar-refractivity contribution in [2.45, 2.75) is 56.6 Å². The first-order chi connectivity index (χ1) is 16.5. The normalized spacial score (nSPS) is 20.4. The van der Waals surface area contributed by atoms with Crippen LogP contribution in [-0.2, 0) is 16.9 Å². The van der Waals surface area contributed by atoms with Crippen molar-refractivity contribution in [2.75, 3.05) is 4.90 Å². The Morgan fingerprint density at radius 1 is 0.941 bits per heavy atom. The van der Waals surface area contributed by atoms with Crippen LogP contribution in [0.1, 0.15) is 71.5 Å². The van der Waals surface area contributed by atoms with Crippen LogP contribution in [0.2, 0.25) is 5.02 Å². The number of rotatable bonds is 6. The van der Waals surface area contributed by atoms with E-state index in [1.807, 2.05) is 48.5 Å². The number of amides is 1. The first-order valence-electron chi connectivity index (χ1n) is 12.0. The fourth-order valence-corrected chi connectivity index (χ4v) is 5.54. The molecule has 4 nitrogen and oxygen atoms in total. The number of anilines is 1. The van der Waals surface area contributed by atoms with Crippen molar-refractivity contribution in [3.8, 4) is 0 Å². The molecule has 0 aromatic heterocycles. The molecule has 1 fully saturated rings. The lowest BCUT2D eigenvalue weighted by Gasteiger charge is -2.24. The molecule has 1 aliphatic heterocycles. The lowest BCUT2D eigenvalue weighted by atomic mass is 9.83. The summed E-state index contributed by atoms with van der Waals surface area (Å²) in [5, 5.41) is 12.1. The van der Waals surface area contributed by atoms with E-state index in [1.54, 1.807) is 24.3 Å². The van der Waals surface area contributed by atoms with Gasteiger partial charge in [-0.15, -0.1) is 0 Å². The zero-order chi connectivity index (χ0) is 23.7. The van der Waals surface area contributed by atoms with Crippen molar-refractivity contribution < 1.29 is 14.7 Å². The van der Waals surface area contributed by atoms with Crippen LogP contribution < -0.4 is 4.90 Å². The number of hydrogen-bond acceptors (Lipinski definition) is 3. The molecule has 0 saturated heterocycles. The smallest absolute Gasteiger partial charge is 0.264 e. The molecule has 3 aromatic rings. The molecule has 0 bridgehead atoms. The maximum absolute atomic E-state index is 13.5. The van der Waals surface area contributed by atoms with Gasteiger partial charge in [0.15, 0.2) is 11.4 Å². The highest BCUT2D eigenvalue weighted by Gasteiger charge is 2.50. The molecule has 5 heteroatoms. The number of carbonyl (C=O) groups is 2. The second-order valence-corrected chi connectivity index (χ2v) is 9.82. The fraction of sp³-hybridized carbons (Fsp3) is 0.310. The number of ketones is 1. The highest BCUT2D eigenvalue weighted by atomic mass is 35.5. The number of carbonyl (C=O) groups excluding carboxylic acids is 2. The highest BCUT2D eigenvalue weighted by Crippen LogP contribution is 2.44. The van der Waals surface area contributed by atoms with Crippen LogP contribution in [0, 0.1) is 0 Å². The number of halogens is 1. The van der Waals surface area contributed by atoms with Gasteiger partial charge in [-0.05, 0) is 42.0 Å². The molecule has 5 rings (SSSR count). The van der Waals surface area contributed by atoms with Gasteiger partial charge in [-0.1, -0.05) is 91.5 Å². The minimum absolute atomic E-state index is 0.224. The minimum atomic E-state index is -1.91. The Labute approximate surface area is 205 Å². The summed E-state index contributed by atoms with van der Waals surface area (Å²) in [5.74, 6) is -0.190. The van der Waals surface area contributed by atoms with E-state index >= 15 is 0 Å². The topological polar surface area (TPSA) is 57.6 Å². The van der Waals surface area contributed by atoms with Crippen LogP contribution in [0.4, 0.5) is 5.69 Å². The number of hydrogen-bond donors (Lipinski definition) is 1. The van der Waals surface area contributed by atoms with Crippen molar-refractivity contribution in [2.24, 2.45) is 0 Å². The Hall–Kier alpha value is -2.95. The van der Waals surface area contributed by atoms with E-state index in [1.165, 1.54) is 42.6 Å². The van der Waals surface area contributed by atoms with Gasteiger partial charge in [0.2, 0.25) is 0 Å². The molecule has 1 amide bonds. The van der Waals surface area contributed by atoms with Gasteiger partial charge in [0.05, 0.1) is 18.7 Å². The molecule has 1 saturated carbocycles. The van der Waals surface area contributed by atoms with Crippen molar-refractivity contribution >= 4 is 29.0 Å². The van der Waals surface area contributed by atoms with Crippen LogP contribution in [0.5, 0.6) is 0 Å². The average molecular weight is 474 g/mol. The van der Waals surface area contributed by atoms with Gasteiger partial charge >= 0.3 is 0 Å². The lowest BCUT2D eigenvalue weighted by Crippen LogP contribution is -2.41. The molecule has 0 spiro atoms. The lowest BCUT2D eigenvalue weighted by molar-refractivity contribution is -0.136. The molecule has 1 N–H and O–H groups in total. The number of para-hydroxylation sites is 1. The molecule has 3 aromatic carbocycles. The second kappa shape index (κ2) is 9.36. The molecular formula is C29H28ClNO3. The summed E-state index contributed by atoms with van der Waals surface area (Å²) in [6.07, 6.45) is 5.90. The summed E-state index contributed by atoms with van der Waals surface area (Å²) in [5.41, 5.74) is 1.72. The van der Waals surface area contributed by atoms with E-state index in [0.29, 0.717) is 27.8 Å². The van der Waals surface area contributed by atoms with Gasteiger partial charge in [-0.2, -0.15) is 0 Å². The molecule has 2 aliphatic rings. The van der Waals surface area contributed by atoms with Gasteiger partial charge < -0.3 is 10.0 Å². The summed E-state index contributed by atoms with van der Waals surface area (Å²) in [6, 6.07) is 22.2. The first kappa shape index (κ1) is 22.8. The van der Waals surface area contributed by atoms with E-state index in [-0.39, 0.29) is 18.7 Å². The quantitative estimate of drug-likeness (QED) is 0.422. The number of aliphatic hydroxyl groups is 1. The van der Waals surface area contributed by atoms with Crippen LogP contribution in [0.15, 0.2) is 72.8 Å². The molecule has 174 valence electrons. The van der Waals surface area contributed by atoms with E-state index in [0.717, 1.165) is 5.56 Å². The van der Waals surface area contributed by atoms with E-state index < -0.39 is 11.5 Å². The van der Waals surface area contributed by atoms with Gasteiger partial charge in [0, 0.05) is 16.1 Å². The Morgan fingerprint density at radius 3 is 2.35 bits per heavy atom. The summed E-state index contributed by atoms with van der Waals surface area (Å²) < 4.78 is 0. The van der Waals surface area contributed by atoms with Gasteiger partial charge in [0.1, 0.15) is 0 Å². The van der Waals surface area contributed by atoms with E-state index in [2.05, 4.69) is 0 Å². The first-order valence-corrected chi connectivity index (χ1v) is 12.4. The third kappa shape index (κ3) is 4.17. The summed E-state index contributed by atoms with van der Waals surface area (Å²) in [6.45, 7) is 0.224. The van der Waals surface area contributed by atoms with E-state index in [4.69, 9.17) is 11.6 Å². The highest BCUT2D eigenvalue weighted by molar-refractivity contribution is 6.31. The Bertz CT molecular complexity index is 1220. The number of benzene rings is 3. The van der Waals surface area contributed by atoms with Crippen molar-refractivity contribution in [1.29, 1.82) is 0 Å². The van der Waals surface area contributed by atoms with Gasteiger partial charge in [-0.3, -0.25) is 9.59 Å². The van der Waals surface area contributed by atoms with Crippen LogP contribution in [-0.4, -0.2) is 16.8 Å². The third-order valence-electron chi connectivity index (χ3n) is 7.25. The predicted molar refractivity (Wildman–Crippen MR) is 134 cm³/mol. The largest absolute Gasteiger partial charge is 0.375 e. The second-order valence-electron chi connectivity index (χ2n) is 9.42. The van der Waals surface area contributed by atoms with Crippen molar-refractivity contribution in [3.63, 3.8) is 0 Å². The maximum Gasteiger partial charge on any atom is 0.264 e. The van der Waals surface area contributed by atoms with Crippen LogP contribution in [0.25, 0.3) is 0 Å². The standard InChI is InChI=1S/C29H28ClNO3/c30-25-12-6-4-10-23(25)19-31-26-13-7-5-11-24(26)29(34,28(31)33)18-27(32)22-16-14-21(15-17-22)20-8-2-1-3-9-20/h4-7,10-17,20,34H,1-3,8-9,18-19H2. The SMILES string of the molecule is O=C(CC1(O)C(=O)N(Cc2ccccc2Cl)c2ccccc21)c1ccc(C2CCCCC2)cc1. The molecule has 0 radical (unpaired) electrons. The Morgan fingerprint density at radius 2 is 1.62 bits per heavy atom. The minimum Gasteiger partial charge on any atom is -0.375 e. The van der Waals surface area contributed by atoms with Crippen molar-refractivity contribution in [1.82, 2.24) is 0 Å². The molecule has 1 heterocycles. The number of fused-ring (bicyclic) bond motifs is 1. The van der Waals surface area contributed by atoms with Crippen LogP contribution in [0.3, 0.4) is 0 Å². The average Bonchev–Trinajstić information content (AvgIpc) is 3.08. The van der Waals surface area contributed by atoms with E-state index in [9.17, 15) is 14.7 Å².